The number of rotatable bonds is 8. The van der Waals surface area contributed by atoms with E-state index in [2.05, 4.69) is 9.82 Å². The van der Waals surface area contributed by atoms with Gasteiger partial charge in [-0.1, -0.05) is 23.7 Å². The molecular weight excluding hydrogens is 396 g/mol. The molecule has 2 aromatic carbocycles. The molecule has 28 heavy (non-hydrogen) atoms. The predicted octanol–water partition coefficient (Wildman–Crippen LogP) is 3.42. The van der Waals surface area contributed by atoms with Crippen molar-refractivity contribution in [3.8, 4) is 16.9 Å². The Morgan fingerprint density at radius 2 is 1.71 bits per heavy atom. The van der Waals surface area contributed by atoms with Crippen molar-refractivity contribution in [1.82, 2.24) is 19.4 Å². The Hall–Kier alpha value is -2.19. The van der Waals surface area contributed by atoms with Crippen LogP contribution in [0.1, 0.15) is 6.42 Å². The van der Waals surface area contributed by atoms with Gasteiger partial charge in [-0.3, -0.25) is 0 Å². The summed E-state index contributed by atoms with van der Waals surface area (Å²) in [4.78, 5) is 2.26. The molecule has 0 amide bonds. The molecule has 148 valence electrons. The normalized spacial score (nSPS) is 11.9. The van der Waals surface area contributed by atoms with Crippen molar-refractivity contribution in [3.05, 3.63) is 65.8 Å². The molecule has 0 aliphatic carbocycles. The van der Waals surface area contributed by atoms with Crippen molar-refractivity contribution >= 4 is 21.6 Å². The maximum absolute atomic E-state index is 12.4. The summed E-state index contributed by atoms with van der Waals surface area (Å²) >= 11 is 5.92. The van der Waals surface area contributed by atoms with E-state index in [0.29, 0.717) is 11.6 Å². The monoisotopic (exact) mass is 418 g/mol. The summed E-state index contributed by atoms with van der Waals surface area (Å²) in [5.41, 5.74) is 2.56. The molecule has 0 saturated heterocycles. The number of nitrogens with one attached hydrogen (secondary N) is 1. The Bertz CT molecular complexity index is 1010. The Morgan fingerprint density at radius 3 is 2.36 bits per heavy atom. The Labute approximate surface area is 170 Å². The molecule has 0 fully saturated rings. The molecule has 0 aliphatic heterocycles. The third-order valence-corrected chi connectivity index (χ3v) is 5.94. The van der Waals surface area contributed by atoms with Crippen LogP contribution in [0.5, 0.6) is 0 Å². The number of nitrogens with zero attached hydrogens (tertiary/aromatic N) is 3. The van der Waals surface area contributed by atoms with Crippen LogP contribution in [0.15, 0.2) is 65.7 Å². The number of benzene rings is 2. The van der Waals surface area contributed by atoms with Crippen molar-refractivity contribution in [2.75, 3.05) is 27.2 Å². The molecule has 0 unspecified atom stereocenters. The SMILES string of the molecule is CN(C)CCCNS(=O)(=O)c1ccc(-n2ccc(-c3ccc(Cl)cc3)n2)cc1. The van der Waals surface area contributed by atoms with Crippen LogP contribution in [0.4, 0.5) is 0 Å². The van der Waals surface area contributed by atoms with Crippen molar-refractivity contribution in [2.45, 2.75) is 11.3 Å². The van der Waals surface area contributed by atoms with E-state index in [-0.39, 0.29) is 4.90 Å². The average molecular weight is 419 g/mol. The fourth-order valence-electron chi connectivity index (χ4n) is 2.71. The van der Waals surface area contributed by atoms with Gasteiger partial charge in [0.1, 0.15) is 0 Å². The molecule has 3 rings (SSSR count). The maximum Gasteiger partial charge on any atom is 0.240 e. The summed E-state index contributed by atoms with van der Waals surface area (Å²) in [6, 6.07) is 16.0. The molecule has 0 bridgehead atoms. The second-order valence-electron chi connectivity index (χ2n) is 6.70. The van der Waals surface area contributed by atoms with Crippen LogP contribution >= 0.6 is 11.6 Å². The van der Waals surface area contributed by atoms with Crippen LogP contribution < -0.4 is 4.72 Å². The van der Waals surface area contributed by atoms with Gasteiger partial charge in [0.05, 0.1) is 16.3 Å². The van der Waals surface area contributed by atoms with Crippen LogP contribution in [0.2, 0.25) is 5.02 Å². The largest absolute Gasteiger partial charge is 0.309 e. The second kappa shape index (κ2) is 8.87. The molecule has 0 aliphatic rings. The first-order valence-electron chi connectivity index (χ1n) is 8.91. The highest BCUT2D eigenvalue weighted by Gasteiger charge is 2.13. The lowest BCUT2D eigenvalue weighted by Gasteiger charge is -2.10. The van der Waals surface area contributed by atoms with Crippen molar-refractivity contribution in [1.29, 1.82) is 0 Å². The zero-order valence-corrected chi connectivity index (χ0v) is 17.4. The molecule has 1 N–H and O–H groups in total. The van der Waals surface area contributed by atoms with Gasteiger partial charge in [-0.05, 0) is 69.5 Å². The van der Waals surface area contributed by atoms with Gasteiger partial charge in [0.15, 0.2) is 0 Å². The molecular formula is C20H23ClN4O2S. The Kier molecular flexibility index (Phi) is 6.51. The van der Waals surface area contributed by atoms with Gasteiger partial charge in [-0.15, -0.1) is 0 Å². The first-order valence-corrected chi connectivity index (χ1v) is 10.8. The van der Waals surface area contributed by atoms with Crippen LogP contribution in [-0.4, -0.2) is 50.3 Å². The standard InChI is InChI=1S/C20H23ClN4O2S/c1-24(2)14-3-13-22-28(26,27)19-10-8-18(9-11-19)25-15-12-20(23-25)16-4-6-17(21)7-5-16/h4-12,15,22H,3,13-14H2,1-2H3. The third kappa shape index (κ3) is 5.20. The van der Waals surface area contributed by atoms with E-state index in [1.807, 2.05) is 55.5 Å². The maximum atomic E-state index is 12.4. The second-order valence-corrected chi connectivity index (χ2v) is 8.90. The lowest BCUT2D eigenvalue weighted by molar-refractivity contribution is 0.400. The topological polar surface area (TPSA) is 67.2 Å². The van der Waals surface area contributed by atoms with E-state index >= 15 is 0 Å². The molecule has 6 nitrogen and oxygen atoms in total. The highest BCUT2D eigenvalue weighted by Crippen LogP contribution is 2.21. The Morgan fingerprint density at radius 1 is 1.04 bits per heavy atom. The van der Waals surface area contributed by atoms with E-state index in [1.54, 1.807) is 28.9 Å². The van der Waals surface area contributed by atoms with Gasteiger partial charge in [-0.25, -0.2) is 17.8 Å². The van der Waals surface area contributed by atoms with Crippen LogP contribution in [-0.2, 0) is 10.0 Å². The van der Waals surface area contributed by atoms with Gasteiger partial charge in [0, 0.05) is 23.3 Å². The smallest absolute Gasteiger partial charge is 0.240 e. The van der Waals surface area contributed by atoms with Gasteiger partial charge in [0.2, 0.25) is 10.0 Å². The molecule has 0 radical (unpaired) electrons. The summed E-state index contributed by atoms with van der Waals surface area (Å²) in [7, 11) is 0.409. The molecule has 1 aromatic heterocycles. The molecule has 0 saturated carbocycles. The first-order chi connectivity index (χ1) is 13.3. The van der Waals surface area contributed by atoms with Gasteiger partial charge in [-0.2, -0.15) is 5.10 Å². The number of hydrogen-bond acceptors (Lipinski definition) is 4. The minimum Gasteiger partial charge on any atom is -0.309 e. The van der Waals surface area contributed by atoms with Gasteiger partial charge in [0.25, 0.3) is 0 Å². The van der Waals surface area contributed by atoms with E-state index in [4.69, 9.17) is 11.6 Å². The van der Waals surface area contributed by atoms with E-state index in [0.717, 1.165) is 29.9 Å². The zero-order chi connectivity index (χ0) is 20.1. The van der Waals surface area contributed by atoms with Crippen molar-refractivity contribution < 1.29 is 8.42 Å². The third-order valence-electron chi connectivity index (χ3n) is 4.21. The zero-order valence-electron chi connectivity index (χ0n) is 15.8. The molecule has 0 spiro atoms. The number of halogens is 1. The summed E-state index contributed by atoms with van der Waals surface area (Å²) in [6.45, 7) is 1.24. The van der Waals surface area contributed by atoms with E-state index in [9.17, 15) is 8.42 Å². The summed E-state index contributed by atoms with van der Waals surface area (Å²) in [5, 5.41) is 5.23. The predicted molar refractivity (Wildman–Crippen MR) is 112 cm³/mol. The quantitative estimate of drug-likeness (QED) is 0.569. The highest BCUT2D eigenvalue weighted by molar-refractivity contribution is 7.89. The Balaban J connectivity index is 1.70. The average Bonchev–Trinajstić information content (AvgIpc) is 3.16. The summed E-state index contributed by atoms with van der Waals surface area (Å²) < 4.78 is 29.1. The van der Waals surface area contributed by atoms with Crippen LogP contribution in [0, 0.1) is 0 Å². The summed E-state index contributed by atoms with van der Waals surface area (Å²) in [5.74, 6) is 0. The highest BCUT2D eigenvalue weighted by atomic mass is 35.5. The number of sulfonamides is 1. The number of aromatic nitrogens is 2. The lowest BCUT2D eigenvalue weighted by Crippen LogP contribution is -2.27. The first kappa shape index (κ1) is 20.5. The molecule has 8 heteroatoms. The van der Waals surface area contributed by atoms with Crippen LogP contribution in [0.25, 0.3) is 16.9 Å². The van der Waals surface area contributed by atoms with Crippen LogP contribution in [0.3, 0.4) is 0 Å². The fraction of sp³-hybridized carbons (Fsp3) is 0.250. The molecule has 3 aromatic rings. The van der Waals surface area contributed by atoms with Gasteiger partial charge >= 0.3 is 0 Å². The van der Waals surface area contributed by atoms with Crippen molar-refractivity contribution in [3.63, 3.8) is 0 Å². The van der Waals surface area contributed by atoms with E-state index < -0.39 is 10.0 Å². The lowest BCUT2D eigenvalue weighted by atomic mass is 10.2. The summed E-state index contributed by atoms with van der Waals surface area (Å²) in [6.07, 6.45) is 2.60. The fourth-order valence-corrected chi connectivity index (χ4v) is 3.91. The number of hydrogen-bond donors (Lipinski definition) is 1. The minimum absolute atomic E-state index is 0.242. The van der Waals surface area contributed by atoms with Crippen molar-refractivity contribution in [2.24, 2.45) is 0 Å². The minimum atomic E-state index is -3.51. The van der Waals surface area contributed by atoms with E-state index in [1.165, 1.54) is 0 Å². The van der Waals surface area contributed by atoms with Gasteiger partial charge < -0.3 is 4.90 Å². The molecule has 1 heterocycles. The molecule has 0 atom stereocenters.